The summed E-state index contributed by atoms with van der Waals surface area (Å²) >= 11 is 0. The van der Waals surface area contributed by atoms with Crippen LogP contribution in [0.5, 0.6) is 0 Å². The number of fused-ring (bicyclic) bond motifs is 1. The Hall–Kier alpha value is -2.11. The minimum absolute atomic E-state index is 0.297. The number of carboxylic acid groups (broad SMARTS) is 1. The average molecular weight is 288 g/mol. The molecule has 0 spiro atoms. The van der Waals surface area contributed by atoms with Gasteiger partial charge in [-0.15, -0.1) is 0 Å². The van der Waals surface area contributed by atoms with Crippen LogP contribution in [0.1, 0.15) is 42.2 Å². The molecule has 6 nitrogen and oxygen atoms in total. The molecule has 2 aromatic rings. The fraction of sp³-hybridized carbons (Fsp3) is 0.533. The number of imidazole rings is 1. The van der Waals surface area contributed by atoms with Gasteiger partial charge in [-0.05, 0) is 33.1 Å². The summed E-state index contributed by atoms with van der Waals surface area (Å²) in [5, 5.41) is 9.60. The van der Waals surface area contributed by atoms with E-state index in [-0.39, 0.29) is 0 Å². The number of hydrogen-bond donors (Lipinski definition) is 1. The van der Waals surface area contributed by atoms with E-state index in [0.717, 1.165) is 43.8 Å². The van der Waals surface area contributed by atoms with Crippen molar-refractivity contribution in [3.05, 3.63) is 17.6 Å². The zero-order valence-electron chi connectivity index (χ0n) is 12.5. The van der Waals surface area contributed by atoms with Crippen LogP contribution < -0.4 is 4.90 Å². The summed E-state index contributed by atoms with van der Waals surface area (Å²) in [5.74, 6) is -0.923. The topological polar surface area (TPSA) is 71.2 Å². The van der Waals surface area contributed by atoms with E-state index in [4.69, 9.17) is 0 Å². The van der Waals surface area contributed by atoms with Gasteiger partial charge in [-0.1, -0.05) is 0 Å². The van der Waals surface area contributed by atoms with Crippen LogP contribution in [0.4, 0.5) is 5.69 Å². The molecule has 0 aromatic carbocycles. The number of carbonyl (C=O) groups is 1. The van der Waals surface area contributed by atoms with Gasteiger partial charge in [0, 0.05) is 19.6 Å². The summed E-state index contributed by atoms with van der Waals surface area (Å²) in [5.41, 5.74) is 3.09. The van der Waals surface area contributed by atoms with Gasteiger partial charge >= 0.3 is 5.97 Å². The van der Waals surface area contributed by atoms with E-state index in [1.807, 2.05) is 11.5 Å². The minimum Gasteiger partial charge on any atom is -0.478 e. The first-order valence-corrected chi connectivity index (χ1v) is 7.47. The lowest BCUT2D eigenvalue weighted by Gasteiger charge is -2.30. The van der Waals surface area contributed by atoms with Gasteiger partial charge in [-0.3, -0.25) is 0 Å². The molecule has 3 rings (SSSR count). The highest BCUT2D eigenvalue weighted by Gasteiger charge is 2.26. The molecule has 1 N–H and O–H groups in total. The van der Waals surface area contributed by atoms with E-state index < -0.39 is 5.97 Å². The lowest BCUT2D eigenvalue weighted by atomic mass is 10.1. The monoisotopic (exact) mass is 288 g/mol. The van der Waals surface area contributed by atoms with Crippen molar-refractivity contribution in [2.24, 2.45) is 0 Å². The number of pyridine rings is 1. The van der Waals surface area contributed by atoms with Crippen molar-refractivity contribution in [2.75, 3.05) is 18.0 Å². The van der Waals surface area contributed by atoms with Crippen LogP contribution in [-0.4, -0.2) is 38.7 Å². The third kappa shape index (κ3) is 2.24. The lowest BCUT2D eigenvalue weighted by molar-refractivity contribution is 0.0696. The van der Waals surface area contributed by atoms with Crippen LogP contribution in [0.25, 0.3) is 11.2 Å². The number of anilines is 1. The molecule has 0 bridgehead atoms. The summed E-state index contributed by atoms with van der Waals surface area (Å²) < 4.78 is 1.96. The smallest absolute Gasteiger partial charge is 0.339 e. The molecule has 21 heavy (non-hydrogen) atoms. The Morgan fingerprint density at radius 3 is 2.67 bits per heavy atom. The van der Waals surface area contributed by atoms with Gasteiger partial charge in [-0.25, -0.2) is 14.8 Å². The van der Waals surface area contributed by atoms with Crippen LogP contribution in [0, 0.1) is 6.92 Å². The number of carboxylic acids is 1. The van der Waals surface area contributed by atoms with E-state index in [9.17, 15) is 9.90 Å². The Balaban J connectivity index is 2.28. The van der Waals surface area contributed by atoms with Crippen LogP contribution in [-0.2, 0) is 6.54 Å². The van der Waals surface area contributed by atoms with Crippen molar-refractivity contribution in [3.63, 3.8) is 0 Å². The molecular weight excluding hydrogens is 268 g/mol. The quantitative estimate of drug-likeness (QED) is 0.939. The molecular formula is C15H20N4O2. The predicted molar refractivity (Wildman–Crippen MR) is 81.0 cm³/mol. The highest BCUT2D eigenvalue weighted by molar-refractivity contribution is 6.03. The number of rotatable bonds is 3. The second-order valence-corrected chi connectivity index (χ2v) is 5.48. The molecule has 112 valence electrons. The maximum atomic E-state index is 11.7. The van der Waals surface area contributed by atoms with Crippen molar-refractivity contribution in [1.29, 1.82) is 0 Å². The van der Waals surface area contributed by atoms with Crippen molar-refractivity contribution in [1.82, 2.24) is 14.5 Å². The molecule has 1 aliphatic rings. The molecule has 3 heterocycles. The van der Waals surface area contributed by atoms with E-state index in [2.05, 4.69) is 14.9 Å². The van der Waals surface area contributed by atoms with Crippen molar-refractivity contribution in [3.8, 4) is 0 Å². The third-order valence-electron chi connectivity index (χ3n) is 4.13. The number of hydrogen-bond acceptors (Lipinski definition) is 4. The zero-order valence-corrected chi connectivity index (χ0v) is 12.5. The maximum absolute atomic E-state index is 11.7. The molecule has 1 aliphatic heterocycles. The standard InChI is InChI=1S/C15H20N4O2/c1-3-18-9-16-12-13(19-7-5-4-6-8-19)11(15(20)21)10(2)17-14(12)18/h9H,3-8H2,1-2H3,(H,20,21). The van der Waals surface area contributed by atoms with Gasteiger partial charge in [-0.2, -0.15) is 0 Å². The maximum Gasteiger partial charge on any atom is 0.339 e. The van der Waals surface area contributed by atoms with Gasteiger partial charge < -0.3 is 14.6 Å². The van der Waals surface area contributed by atoms with Crippen molar-refractivity contribution < 1.29 is 9.90 Å². The van der Waals surface area contributed by atoms with Crippen LogP contribution in [0.15, 0.2) is 6.33 Å². The summed E-state index contributed by atoms with van der Waals surface area (Å²) in [7, 11) is 0. The molecule has 6 heteroatoms. The second kappa shape index (κ2) is 5.35. The second-order valence-electron chi connectivity index (χ2n) is 5.48. The molecule has 2 aromatic heterocycles. The summed E-state index contributed by atoms with van der Waals surface area (Å²) in [6.07, 6.45) is 5.14. The largest absolute Gasteiger partial charge is 0.478 e. The van der Waals surface area contributed by atoms with Gasteiger partial charge in [0.05, 0.1) is 17.7 Å². The van der Waals surface area contributed by atoms with Gasteiger partial charge in [0.15, 0.2) is 5.65 Å². The molecule has 0 amide bonds. The molecule has 0 saturated carbocycles. The summed E-state index contributed by atoms with van der Waals surface area (Å²) in [4.78, 5) is 22.8. The normalized spacial score (nSPS) is 15.6. The van der Waals surface area contributed by atoms with E-state index >= 15 is 0 Å². The van der Waals surface area contributed by atoms with Crippen LogP contribution >= 0.6 is 0 Å². The molecule has 0 atom stereocenters. The van der Waals surface area contributed by atoms with E-state index in [1.165, 1.54) is 6.42 Å². The Labute approximate surface area is 123 Å². The molecule has 0 radical (unpaired) electrons. The number of aromatic carboxylic acids is 1. The number of piperidine rings is 1. The van der Waals surface area contributed by atoms with Crippen molar-refractivity contribution >= 4 is 22.8 Å². The fourth-order valence-electron chi connectivity index (χ4n) is 3.08. The molecule has 1 saturated heterocycles. The van der Waals surface area contributed by atoms with Crippen LogP contribution in [0.3, 0.4) is 0 Å². The zero-order chi connectivity index (χ0) is 15.0. The number of aryl methyl sites for hydroxylation is 2. The average Bonchev–Trinajstić information content (AvgIpc) is 2.88. The highest BCUT2D eigenvalue weighted by Crippen LogP contribution is 2.32. The highest BCUT2D eigenvalue weighted by atomic mass is 16.4. The first kappa shape index (κ1) is 13.9. The van der Waals surface area contributed by atoms with Gasteiger partial charge in [0.1, 0.15) is 11.1 Å². The Kier molecular flexibility index (Phi) is 3.53. The molecule has 1 fully saturated rings. The fourth-order valence-corrected chi connectivity index (χ4v) is 3.08. The minimum atomic E-state index is -0.923. The summed E-state index contributed by atoms with van der Waals surface area (Å²) in [6.45, 7) is 6.34. The molecule has 0 aliphatic carbocycles. The first-order valence-electron chi connectivity index (χ1n) is 7.47. The molecule has 0 unspecified atom stereocenters. The van der Waals surface area contributed by atoms with E-state index in [1.54, 1.807) is 13.3 Å². The van der Waals surface area contributed by atoms with Gasteiger partial charge in [0.25, 0.3) is 0 Å². The van der Waals surface area contributed by atoms with Crippen LogP contribution in [0.2, 0.25) is 0 Å². The first-order chi connectivity index (χ1) is 10.1. The SMILES string of the molecule is CCn1cnc2c(N3CCCCC3)c(C(=O)O)c(C)nc21. The lowest BCUT2D eigenvalue weighted by Crippen LogP contribution is -2.31. The Morgan fingerprint density at radius 1 is 1.33 bits per heavy atom. The number of nitrogens with zero attached hydrogens (tertiary/aromatic N) is 4. The Bertz CT molecular complexity index is 687. The Morgan fingerprint density at radius 2 is 2.05 bits per heavy atom. The van der Waals surface area contributed by atoms with E-state index in [0.29, 0.717) is 16.8 Å². The predicted octanol–water partition coefficient (Wildman–Crippen LogP) is 2.45. The number of aromatic nitrogens is 3. The van der Waals surface area contributed by atoms with Gasteiger partial charge in [0.2, 0.25) is 0 Å². The third-order valence-corrected chi connectivity index (χ3v) is 4.13. The van der Waals surface area contributed by atoms with Crippen molar-refractivity contribution in [2.45, 2.75) is 39.7 Å². The summed E-state index contributed by atoms with van der Waals surface area (Å²) in [6, 6.07) is 0.